The predicted octanol–water partition coefficient (Wildman–Crippen LogP) is 3.11. The zero-order valence-electron chi connectivity index (χ0n) is 12.5. The second-order valence-electron chi connectivity index (χ2n) is 5.03. The molecule has 120 valence electrons. The van der Waals surface area contributed by atoms with E-state index in [1.54, 1.807) is 28.5 Å². The van der Waals surface area contributed by atoms with Crippen molar-refractivity contribution in [3.63, 3.8) is 0 Å². The summed E-state index contributed by atoms with van der Waals surface area (Å²) in [6.45, 7) is 2.49. The number of benzene rings is 1. The van der Waals surface area contributed by atoms with Crippen LogP contribution in [0.4, 0.5) is 5.69 Å². The zero-order valence-corrected chi connectivity index (χ0v) is 14.2. The number of aromatic nitrogens is 2. The minimum Gasteiger partial charge on any atom is -0.287 e. The van der Waals surface area contributed by atoms with Crippen molar-refractivity contribution in [3.05, 3.63) is 56.0 Å². The van der Waals surface area contributed by atoms with E-state index < -0.39 is 4.92 Å². The van der Waals surface area contributed by atoms with Crippen molar-refractivity contribution in [1.29, 1.82) is 0 Å². The number of thioether (sulfide) groups is 2. The van der Waals surface area contributed by atoms with E-state index in [0.717, 1.165) is 28.3 Å². The van der Waals surface area contributed by atoms with Crippen LogP contribution >= 0.6 is 23.5 Å². The maximum atomic E-state index is 12.5. The number of fused-ring (bicyclic) bond motifs is 1. The molecule has 0 saturated carbocycles. The van der Waals surface area contributed by atoms with Crippen molar-refractivity contribution in [3.8, 4) is 0 Å². The highest BCUT2D eigenvalue weighted by Crippen LogP contribution is 2.30. The summed E-state index contributed by atoms with van der Waals surface area (Å²) in [5.74, 6) is 1.44. The molecule has 23 heavy (non-hydrogen) atoms. The second kappa shape index (κ2) is 6.76. The number of aryl methyl sites for hydroxylation is 1. The van der Waals surface area contributed by atoms with Crippen LogP contribution in [0.3, 0.4) is 0 Å². The Morgan fingerprint density at radius 3 is 3.04 bits per heavy atom. The van der Waals surface area contributed by atoms with E-state index >= 15 is 0 Å². The molecule has 3 rings (SSSR count). The number of rotatable bonds is 5. The third-order valence-corrected chi connectivity index (χ3v) is 5.71. The molecule has 1 aliphatic heterocycles. The molecule has 0 bridgehead atoms. The SMILES string of the molecule is CCn1c(SCc2cccc([N+](=O)[O-])c2)nc2c(c1=O)SCC2. The molecule has 0 spiro atoms. The number of hydrogen-bond donors (Lipinski definition) is 0. The lowest BCUT2D eigenvalue weighted by molar-refractivity contribution is -0.384. The van der Waals surface area contributed by atoms with Gasteiger partial charge >= 0.3 is 0 Å². The molecule has 2 heterocycles. The number of nitro benzene ring substituents is 1. The van der Waals surface area contributed by atoms with Crippen molar-refractivity contribution in [2.75, 3.05) is 5.75 Å². The number of nitrogens with zero attached hydrogens (tertiary/aromatic N) is 3. The fourth-order valence-electron chi connectivity index (χ4n) is 2.42. The predicted molar refractivity (Wildman–Crippen MR) is 91.3 cm³/mol. The van der Waals surface area contributed by atoms with E-state index in [0.29, 0.717) is 17.5 Å². The first kappa shape index (κ1) is 16.1. The Hall–Kier alpha value is -1.80. The summed E-state index contributed by atoms with van der Waals surface area (Å²) in [5, 5.41) is 11.5. The van der Waals surface area contributed by atoms with E-state index in [2.05, 4.69) is 4.98 Å². The van der Waals surface area contributed by atoms with Crippen LogP contribution in [0.5, 0.6) is 0 Å². The van der Waals surface area contributed by atoms with Crippen molar-refractivity contribution >= 4 is 29.2 Å². The van der Waals surface area contributed by atoms with Crippen LogP contribution < -0.4 is 5.56 Å². The quantitative estimate of drug-likeness (QED) is 0.357. The zero-order chi connectivity index (χ0) is 16.4. The maximum Gasteiger partial charge on any atom is 0.269 e. The van der Waals surface area contributed by atoms with Gasteiger partial charge in [-0.15, -0.1) is 11.8 Å². The highest BCUT2D eigenvalue weighted by molar-refractivity contribution is 7.99. The van der Waals surface area contributed by atoms with E-state index in [1.807, 2.05) is 13.0 Å². The van der Waals surface area contributed by atoms with Gasteiger partial charge < -0.3 is 0 Å². The van der Waals surface area contributed by atoms with E-state index in [1.165, 1.54) is 17.8 Å². The third kappa shape index (κ3) is 3.28. The van der Waals surface area contributed by atoms with Gasteiger partial charge in [-0.25, -0.2) is 4.98 Å². The highest BCUT2D eigenvalue weighted by Gasteiger charge is 2.21. The molecule has 0 amide bonds. The van der Waals surface area contributed by atoms with Crippen LogP contribution in [0.15, 0.2) is 39.1 Å². The fraction of sp³-hybridized carbons (Fsp3) is 0.333. The van der Waals surface area contributed by atoms with Gasteiger partial charge in [0.05, 0.1) is 15.5 Å². The van der Waals surface area contributed by atoms with Gasteiger partial charge in [0.15, 0.2) is 5.16 Å². The summed E-state index contributed by atoms with van der Waals surface area (Å²) in [6, 6.07) is 6.55. The Morgan fingerprint density at radius 2 is 2.30 bits per heavy atom. The lowest BCUT2D eigenvalue weighted by Gasteiger charge is -2.11. The lowest BCUT2D eigenvalue weighted by Crippen LogP contribution is -2.24. The summed E-state index contributed by atoms with van der Waals surface area (Å²) < 4.78 is 1.68. The van der Waals surface area contributed by atoms with Crippen LogP contribution in [-0.2, 0) is 18.7 Å². The van der Waals surface area contributed by atoms with Gasteiger partial charge in [-0.3, -0.25) is 19.5 Å². The molecule has 0 atom stereocenters. The summed E-state index contributed by atoms with van der Waals surface area (Å²) in [7, 11) is 0. The molecule has 0 N–H and O–H groups in total. The van der Waals surface area contributed by atoms with Gasteiger partial charge in [-0.05, 0) is 12.5 Å². The first-order valence-corrected chi connectivity index (χ1v) is 9.20. The van der Waals surface area contributed by atoms with E-state index in [9.17, 15) is 14.9 Å². The van der Waals surface area contributed by atoms with Gasteiger partial charge in [-0.1, -0.05) is 23.9 Å². The Bertz CT molecular complexity index is 820. The smallest absolute Gasteiger partial charge is 0.269 e. The summed E-state index contributed by atoms with van der Waals surface area (Å²) in [5.41, 5.74) is 1.83. The number of nitro groups is 1. The Morgan fingerprint density at radius 1 is 1.48 bits per heavy atom. The Labute approximate surface area is 141 Å². The van der Waals surface area contributed by atoms with Crippen molar-refractivity contribution in [2.24, 2.45) is 0 Å². The minimum atomic E-state index is -0.402. The molecule has 0 unspecified atom stereocenters. The van der Waals surface area contributed by atoms with Crippen molar-refractivity contribution in [2.45, 2.75) is 35.7 Å². The Balaban J connectivity index is 1.86. The van der Waals surface area contributed by atoms with E-state index in [-0.39, 0.29) is 11.2 Å². The molecule has 1 aliphatic rings. The largest absolute Gasteiger partial charge is 0.287 e. The topological polar surface area (TPSA) is 78.0 Å². The number of hydrogen-bond acceptors (Lipinski definition) is 6. The Kier molecular flexibility index (Phi) is 4.72. The van der Waals surface area contributed by atoms with Crippen molar-refractivity contribution in [1.82, 2.24) is 9.55 Å². The molecule has 1 aromatic carbocycles. The molecule has 2 aromatic rings. The lowest BCUT2D eigenvalue weighted by atomic mass is 10.2. The van der Waals surface area contributed by atoms with Crippen LogP contribution in [0.1, 0.15) is 18.2 Å². The van der Waals surface area contributed by atoms with Crippen LogP contribution in [-0.4, -0.2) is 20.2 Å². The minimum absolute atomic E-state index is 0.0292. The standard InChI is InChI=1S/C15H15N3O3S2/c1-2-17-14(19)13-12(6-7-22-13)16-15(17)23-9-10-4-3-5-11(8-10)18(20)21/h3-5,8H,2,6-7,9H2,1H3. The van der Waals surface area contributed by atoms with Crippen LogP contribution in [0, 0.1) is 10.1 Å². The first-order valence-electron chi connectivity index (χ1n) is 7.22. The van der Waals surface area contributed by atoms with Gasteiger partial charge in [0, 0.05) is 36.6 Å². The molecular formula is C15H15N3O3S2. The maximum absolute atomic E-state index is 12.5. The third-order valence-electron chi connectivity index (χ3n) is 3.55. The molecule has 0 radical (unpaired) electrons. The summed E-state index contributed by atoms with van der Waals surface area (Å²) in [4.78, 5) is 28.3. The average Bonchev–Trinajstić information content (AvgIpc) is 3.02. The van der Waals surface area contributed by atoms with Crippen LogP contribution in [0.25, 0.3) is 0 Å². The second-order valence-corrected chi connectivity index (χ2v) is 7.08. The molecular weight excluding hydrogens is 334 g/mol. The molecule has 0 fully saturated rings. The number of non-ortho nitro benzene ring substituents is 1. The average molecular weight is 349 g/mol. The normalized spacial score (nSPS) is 13.1. The monoisotopic (exact) mass is 349 g/mol. The summed E-state index contributed by atoms with van der Waals surface area (Å²) >= 11 is 3.02. The highest BCUT2D eigenvalue weighted by atomic mass is 32.2. The van der Waals surface area contributed by atoms with Crippen molar-refractivity contribution < 1.29 is 4.92 Å². The van der Waals surface area contributed by atoms with Gasteiger partial charge in [-0.2, -0.15) is 0 Å². The van der Waals surface area contributed by atoms with Gasteiger partial charge in [0.2, 0.25) is 0 Å². The molecule has 0 aliphatic carbocycles. The van der Waals surface area contributed by atoms with E-state index in [4.69, 9.17) is 0 Å². The first-order chi connectivity index (χ1) is 11.1. The molecule has 1 aromatic heterocycles. The van der Waals surface area contributed by atoms with Gasteiger partial charge in [0.1, 0.15) is 0 Å². The summed E-state index contributed by atoms with van der Waals surface area (Å²) in [6.07, 6.45) is 0.824. The molecule has 6 nitrogen and oxygen atoms in total. The fourth-order valence-corrected chi connectivity index (χ4v) is 4.49. The molecule has 0 saturated heterocycles. The van der Waals surface area contributed by atoms with Gasteiger partial charge in [0.25, 0.3) is 11.2 Å². The van der Waals surface area contributed by atoms with Crippen LogP contribution in [0.2, 0.25) is 0 Å². The molecule has 8 heteroatoms.